The van der Waals surface area contributed by atoms with Gasteiger partial charge in [0.2, 0.25) is 0 Å². The maximum atomic E-state index is 12.4. The number of nitrogens with zero attached hydrogens (tertiary/aromatic N) is 2. The molecule has 3 aromatic rings. The fraction of sp³-hybridized carbons (Fsp3) is 0. The van der Waals surface area contributed by atoms with Gasteiger partial charge in [-0.15, -0.1) is 0 Å². The molecule has 26 heavy (non-hydrogen) atoms. The van der Waals surface area contributed by atoms with Crippen molar-refractivity contribution >= 4 is 29.1 Å². The van der Waals surface area contributed by atoms with Crippen molar-refractivity contribution in [3.63, 3.8) is 0 Å². The third-order valence-electron chi connectivity index (χ3n) is 3.62. The first-order chi connectivity index (χ1) is 12.6. The van der Waals surface area contributed by atoms with Crippen LogP contribution in [0, 0.1) is 0 Å². The number of thiazole rings is 1. The Kier molecular flexibility index (Phi) is 3.94. The average molecular weight is 366 g/mol. The number of rotatable bonds is 4. The van der Waals surface area contributed by atoms with Crippen LogP contribution in [0.2, 0.25) is 0 Å². The molecule has 128 valence electrons. The van der Waals surface area contributed by atoms with Crippen LogP contribution in [-0.4, -0.2) is 27.8 Å². The summed E-state index contributed by atoms with van der Waals surface area (Å²) in [6.45, 7) is 0. The van der Waals surface area contributed by atoms with Crippen molar-refractivity contribution in [1.82, 2.24) is 10.0 Å². The van der Waals surface area contributed by atoms with Crippen LogP contribution in [0.5, 0.6) is 10.9 Å². The van der Waals surface area contributed by atoms with Gasteiger partial charge in [-0.1, -0.05) is 34.6 Å². The van der Waals surface area contributed by atoms with Crippen LogP contribution < -0.4 is 4.74 Å². The van der Waals surface area contributed by atoms with Gasteiger partial charge in [0.05, 0.1) is 16.7 Å². The lowest BCUT2D eigenvalue weighted by Gasteiger charge is -2.13. The number of ether oxygens (including phenoxy) is 1. The highest BCUT2D eigenvalue weighted by Crippen LogP contribution is 2.26. The monoisotopic (exact) mass is 366 g/mol. The Morgan fingerprint density at radius 2 is 1.73 bits per heavy atom. The normalized spacial score (nSPS) is 12.8. The maximum Gasteiger partial charge on any atom is 0.364 e. The first-order valence-electron chi connectivity index (χ1n) is 7.51. The smallest absolute Gasteiger partial charge is 0.364 e. The number of amides is 2. The number of carbonyl (C=O) groups excluding carboxylic acids is 3. The van der Waals surface area contributed by atoms with Crippen molar-refractivity contribution in [2.24, 2.45) is 0 Å². The summed E-state index contributed by atoms with van der Waals surface area (Å²) in [5.41, 5.74) is 0.535. The predicted molar refractivity (Wildman–Crippen MR) is 91.0 cm³/mol. The molecule has 0 aliphatic carbocycles. The highest BCUT2D eigenvalue weighted by molar-refractivity contribution is 7.11. The lowest BCUT2D eigenvalue weighted by molar-refractivity contribution is -0.0584. The summed E-state index contributed by atoms with van der Waals surface area (Å²) in [7, 11) is 0. The molecule has 8 heteroatoms. The van der Waals surface area contributed by atoms with Crippen LogP contribution in [0.1, 0.15) is 31.1 Å². The van der Waals surface area contributed by atoms with E-state index in [0.717, 1.165) is 0 Å². The summed E-state index contributed by atoms with van der Waals surface area (Å²) < 4.78 is 5.52. The number of aromatic nitrogens is 1. The summed E-state index contributed by atoms with van der Waals surface area (Å²) in [6.07, 6.45) is 1.60. The van der Waals surface area contributed by atoms with Gasteiger partial charge in [0.1, 0.15) is 5.75 Å². The van der Waals surface area contributed by atoms with Crippen LogP contribution in [0.25, 0.3) is 0 Å². The second-order valence-electron chi connectivity index (χ2n) is 5.26. The van der Waals surface area contributed by atoms with E-state index in [0.29, 0.717) is 16.0 Å². The van der Waals surface area contributed by atoms with Gasteiger partial charge < -0.3 is 9.57 Å². The molecule has 0 N–H and O–H groups in total. The number of hydrogen-bond donors (Lipinski definition) is 0. The van der Waals surface area contributed by atoms with E-state index in [9.17, 15) is 14.4 Å². The fourth-order valence-electron chi connectivity index (χ4n) is 2.43. The van der Waals surface area contributed by atoms with Crippen molar-refractivity contribution in [3.05, 3.63) is 76.8 Å². The van der Waals surface area contributed by atoms with E-state index in [1.165, 1.54) is 35.6 Å². The molecule has 1 aliphatic heterocycles. The van der Waals surface area contributed by atoms with E-state index in [-0.39, 0.29) is 16.7 Å². The third-order valence-corrected chi connectivity index (χ3v) is 4.26. The van der Waals surface area contributed by atoms with Gasteiger partial charge in [0.25, 0.3) is 17.0 Å². The molecule has 0 saturated heterocycles. The Balaban J connectivity index is 1.52. The minimum Gasteiger partial charge on any atom is -0.431 e. The van der Waals surface area contributed by atoms with E-state index in [1.54, 1.807) is 35.8 Å². The van der Waals surface area contributed by atoms with Gasteiger partial charge in [-0.2, -0.15) is 0 Å². The molecule has 1 aliphatic rings. The number of benzene rings is 2. The van der Waals surface area contributed by atoms with Crippen molar-refractivity contribution in [2.45, 2.75) is 0 Å². The predicted octanol–water partition coefficient (Wildman–Crippen LogP) is 3.30. The molecule has 2 aromatic carbocycles. The van der Waals surface area contributed by atoms with Crippen LogP contribution in [0.15, 0.2) is 60.1 Å². The lowest BCUT2D eigenvalue weighted by Crippen LogP contribution is -2.32. The molecule has 0 fully saturated rings. The van der Waals surface area contributed by atoms with Gasteiger partial charge in [-0.25, -0.2) is 9.78 Å². The zero-order chi connectivity index (χ0) is 18.1. The highest BCUT2D eigenvalue weighted by atomic mass is 32.1. The fourth-order valence-corrected chi connectivity index (χ4v) is 2.94. The summed E-state index contributed by atoms with van der Waals surface area (Å²) in [5.74, 6) is -1.80. The first-order valence-corrected chi connectivity index (χ1v) is 8.39. The van der Waals surface area contributed by atoms with Gasteiger partial charge in [-0.3, -0.25) is 9.59 Å². The third kappa shape index (κ3) is 2.82. The minimum atomic E-state index is -0.843. The number of hydroxylamine groups is 2. The highest BCUT2D eigenvalue weighted by Gasteiger charge is 2.38. The van der Waals surface area contributed by atoms with E-state index in [2.05, 4.69) is 4.98 Å². The number of fused-ring (bicyclic) bond motifs is 1. The van der Waals surface area contributed by atoms with Gasteiger partial charge in [0.15, 0.2) is 0 Å². The Bertz CT molecular complexity index is 981. The van der Waals surface area contributed by atoms with Crippen molar-refractivity contribution in [2.75, 3.05) is 0 Å². The Labute approximate surface area is 151 Å². The Morgan fingerprint density at radius 1 is 1.00 bits per heavy atom. The van der Waals surface area contributed by atoms with Crippen LogP contribution in [-0.2, 0) is 4.84 Å². The van der Waals surface area contributed by atoms with Gasteiger partial charge in [0, 0.05) is 11.6 Å². The van der Waals surface area contributed by atoms with Crippen molar-refractivity contribution < 1.29 is 24.0 Å². The summed E-state index contributed by atoms with van der Waals surface area (Å²) >= 11 is 1.30. The molecule has 0 saturated carbocycles. The molecule has 0 radical (unpaired) electrons. The van der Waals surface area contributed by atoms with E-state index < -0.39 is 17.8 Å². The molecule has 0 spiro atoms. The van der Waals surface area contributed by atoms with Crippen LogP contribution >= 0.6 is 11.3 Å². The van der Waals surface area contributed by atoms with E-state index >= 15 is 0 Å². The van der Waals surface area contributed by atoms with Crippen molar-refractivity contribution in [1.29, 1.82) is 0 Å². The molecule has 0 unspecified atom stereocenters. The molecule has 2 heterocycles. The number of hydrogen-bond acceptors (Lipinski definition) is 7. The Morgan fingerprint density at radius 3 is 2.38 bits per heavy atom. The quantitative estimate of drug-likeness (QED) is 0.659. The zero-order valence-corrected chi connectivity index (χ0v) is 13.9. The summed E-state index contributed by atoms with van der Waals surface area (Å²) in [5, 5.41) is 2.66. The SMILES string of the molecule is O=C(ON1C(=O)c2ccccc2C1=O)c1cccc(Oc2nccs2)c1. The van der Waals surface area contributed by atoms with Gasteiger partial charge in [-0.05, 0) is 30.3 Å². The minimum absolute atomic E-state index is 0.135. The van der Waals surface area contributed by atoms with Crippen LogP contribution in [0.3, 0.4) is 0 Å². The number of carbonyl (C=O) groups is 3. The maximum absolute atomic E-state index is 12.4. The molecule has 7 nitrogen and oxygen atoms in total. The Hall–Kier alpha value is -3.52. The molecular formula is C18H10N2O5S. The second kappa shape index (κ2) is 6.41. The molecule has 0 atom stereocenters. The molecular weight excluding hydrogens is 356 g/mol. The summed E-state index contributed by atoms with van der Waals surface area (Å²) in [6, 6.07) is 12.5. The number of imide groups is 1. The molecule has 0 bridgehead atoms. The largest absolute Gasteiger partial charge is 0.431 e. The first kappa shape index (κ1) is 16.0. The van der Waals surface area contributed by atoms with Crippen LogP contribution in [0.4, 0.5) is 0 Å². The van der Waals surface area contributed by atoms with Crippen molar-refractivity contribution in [3.8, 4) is 10.9 Å². The topological polar surface area (TPSA) is 85.8 Å². The zero-order valence-electron chi connectivity index (χ0n) is 13.1. The summed E-state index contributed by atoms with van der Waals surface area (Å²) in [4.78, 5) is 45.9. The average Bonchev–Trinajstić information content (AvgIpc) is 3.25. The molecule has 4 rings (SSSR count). The standard InChI is InChI=1S/C18H10N2O5S/c21-15-13-6-1-2-7-14(13)16(22)20(15)25-17(23)11-4-3-5-12(10-11)24-18-19-8-9-26-18/h1-10H. The van der Waals surface area contributed by atoms with E-state index in [4.69, 9.17) is 9.57 Å². The second-order valence-corrected chi connectivity index (χ2v) is 6.11. The molecule has 2 amide bonds. The molecule has 1 aromatic heterocycles. The lowest BCUT2D eigenvalue weighted by atomic mass is 10.1. The van der Waals surface area contributed by atoms with Gasteiger partial charge >= 0.3 is 5.97 Å². The van der Waals surface area contributed by atoms with E-state index in [1.807, 2.05) is 0 Å².